The Hall–Kier alpha value is -2.34. The van der Waals surface area contributed by atoms with E-state index in [2.05, 4.69) is 33.2 Å². The topological polar surface area (TPSA) is 93.1 Å². The summed E-state index contributed by atoms with van der Waals surface area (Å²) in [6, 6.07) is 8.20. The van der Waals surface area contributed by atoms with Gasteiger partial charge in [0.2, 0.25) is 5.95 Å². The number of nitrogens with one attached hydrogen (secondary N) is 1. The Morgan fingerprint density at radius 3 is 2.79 bits per heavy atom. The molecule has 1 aromatic carbocycles. The van der Waals surface area contributed by atoms with Gasteiger partial charge in [0.1, 0.15) is 5.82 Å². The zero-order chi connectivity index (χ0) is 17.1. The molecule has 24 heavy (non-hydrogen) atoms. The summed E-state index contributed by atoms with van der Waals surface area (Å²) in [4.78, 5) is 11.6. The zero-order valence-corrected chi connectivity index (χ0v) is 14.4. The average Bonchev–Trinajstić information content (AvgIpc) is 2.98. The second-order valence-electron chi connectivity index (χ2n) is 6.48. The number of aryl methyl sites for hydroxylation is 2. The second kappa shape index (κ2) is 7.05. The molecule has 3 rings (SSSR count). The fraction of sp³-hybridized carbons (Fsp3) is 0.444. The molecule has 0 bridgehead atoms. The van der Waals surface area contributed by atoms with Gasteiger partial charge in [-0.1, -0.05) is 19.4 Å². The Morgan fingerprint density at radius 2 is 2.12 bits per heavy atom. The number of rotatable bonds is 5. The third kappa shape index (κ3) is 3.76. The van der Waals surface area contributed by atoms with Crippen molar-refractivity contribution in [2.45, 2.75) is 39.2 Å². The fourth-order valence-corrected chi connectivity index (χ4v) is 2.93. The van der Waals surface area contributed by atoms with Crippen molar-refractivity contribution < 1.29 is 0 Å². The number of nitrogen functional groups attached to an aromatic ring is 1. The molecule has 1 fully saturated rings. The highest BCUT2D eigenvalue weighted by Gasteiger charge is 2.21. The van der Waals surface area contributed by atoms with Crippen molar-refractivity contribution in [1.82, 2.24) is 9.97 Å². The summed E-state index contributed by atoms with van der Waals surface area (Å²) in [5.41, 5.74) is 15.8. The SMILES string of the molecule is CCCc1cc(N2CC[C@H](N)C2)nc(Nc2ccc(C)c(N)c2)n1. The van der Waals surface area contributed by atoms with E-state index in [0.717, 1.165) is 60.8 Å². The van der Waals surface area contributed by atoms with Crippen molar-refractivity contribution >= 4 is 23.1 Å². The molecule has 6 heteroatoms. The average molecular weight is 326 g/mol. The number of nitrogens with two attached hydrogens (primary N) is 2. The van der Waals surface area contributed by atoms with Crippen LogP contribution in [0, 0.1) is 6.92 Å². The first-order chi connectivity index (χ1) is 11.5. The summed E-state index contributed by atoms with van der Waals surface area (Å²) in [5.74, 6) is 1.56. The minimum absolute atomic E-state index is 0.225. The third-order valence-electron chi connectivity index (χ3n) is 4.36. The maximum Gasteiger partial charge on any atom is 0.229 e. The maximum absolute atomic E-state index is 6.04. The van der Waals surface area contributed by atoms with Gasteiger partial charge in [-0.15, -0.1) is 0 Å². The fourth-order valence-electron chi connectivity index (χ4n) is 2.93. The molecule has 6 nitrogen and oxygen atoms in total. The largest absolute Gasteiger partial charge is 0.398 e. The standard InChI is InChI=1S/C18H26N6/c1-3-4-14-10-17(24-8-7-13(19)11-24)23-18(21-14)22-15-6-5-12(2)16(20)9-15/h5-6,9-10,13H,3-4,7-8,11,19-20H2,1-2H3,(H,21,22,23)/t13-/m0/s1. The van der Waals surface area contributed by atoms with Gasteiger partial charge in [0.15, 0.2) is 0 Å². The highest BCUT2D eigenvalue weighted by Crippen LogP contribution is 2.24. The van der Waals surface area contributed by atoms with Crippen molar-refractivity contribution in [2.75, 3.05) is 29.0 Å². The first-order valence-corrected chi connectivity index (χ1v) is 8.57. The molecule has 0 saturated carbocycles. The number of nitrogens with zero attached hydrogens (tertiary/aromatic N) is 3. The van der Waals surface area contributed by atoms with Gasteiger partial charge in [-0.3, -0.25) is 0 Å². The Labute approximate surface area is 143 Å². The first kappa shape index (κ1) is 16.5. The second-order valence-corrected chi connectivity index (χ2v) is 6.48. The van der Waals surface area contributed by atoms with Gasteiger partial charge in [0.05, 0.1) is 0 Å². The minimum Gasteiger partial charge on any atom is -0.398 e. The van der Waals surface area contributed by atoms with E-state index in [1.54, 1.807) is 0 Å². The van der Waals surface area contributed by atoms with Gasteiger partial charge < -0.3 is 21.7 Å². The normalized spacial score (nSPS) is 17.3. The minimum atomic E-state index is 0.225. The van der Waals surface area contributed by atoms with Crippen LogP contribution in [0.25, 0.3) is 0 Å². The highest BCUT2D eigenvalue weighted by atomic mass is 15.2. The van der Waals surface area contributed by atoms with Crippen LogP contribution in [0.2, 0.25) is 0 Å². The summed E-state index contributed by atoms with van der Waals surface area (Å²) >= 11 is 0. The van der Waals surface area contributed by atoms with Crippen molar-refractivity contribution in [3.8, 4) is 0 Å². The Kier molecular flexibility index (Phi) is 4.85. The Balaban J connectivity index is 1.88. The van der Waals surface area contributed by atoms with Gasteiger partial charge in [-0.25, -0.2) is 4.98 Å². The van der Waals surface area contributed by atoms with Crippen LogP contribution in [0.15, 0.2) is 24.3 Å². The van der Waals surface area contributed by atoms with Gasteiger partial charge >= 0.3 is 0 Å². The van der Waals surface area contributed by atoms with Crippen LogP contribution in [0.4, 0.5) is 23.1 Å². The van der Waals surface area contributed by atoms with Crippen molar-refractivity contribution in [1.29, 1.82) is 0 Å². The molecule has 0 aliphatic carbocycles. The number of benzene rings is 1. The third-order valence-corrected chi connectivity index (χ3v) is 4.36. The molecule has 2 aromatic rings. The van der Waals surface area contributed by atoms with Crippen LogP contribution >= 0.6 is 0 Å². The van der Waals surface area contributed by atoms with Gasteiger partial charge in [0.25, 0.3) is 0 Å². The van der Waals surface area contributed by atoms with E-state index in [4.69, 9.17) is 11.5 Å². The van der Waals surface area contributed by atoms with Crippen molar-refractivity contribution in [2.24, 2.45) is 5.73 Å². The quantitative estimate of drug-likeness (QED) is 0.731. The lowest BCUT2D eigenvalue weighted by Crippen LogP contribution is -2.27. The lowest BCUT2D eigenvalue weighted by molar-refractivity contribution is 0.751. The van der Waals surface area contributed by atoms with Crippen LogP contribution in [-0.2, 0) is 6.42 Å². The molecule has 1 aromatic heterocycles. The molecular formula is C18H26N6. The summed E-state index contributed by atoms with van der Waals surface area (Å²) in [7, 11) is 0. The molecular weight excluding hydrogens is 300 g/mol. The number of aromatic nitrogens is 2. The monoisotopic (exact) mass is 326 g/mol. The van der Waals surface area contributed by atoms with E-state index in [9.17, 15) is 0 Å². The summed E-state index contributed by atoms with van der Waals surface area (Å²) in [6.45, 7) is 5.94. The van der Waals surface area contributed by atoms with Crippen molar-refractivity contribution in [3.05, 3.63) is 35.5 Å². The van der Waals surface area contributed by atoms with Gasteiger partial charge in [-0.05, 0) is 37.5 Å². The van der Waals surface area contributed by atoms with Crippen LogP contribution in [0.3, 0.4) is 0 Å². The lowest BCUT2D eigenvalue weighted by atomic mass is 10.2. The highest BCUT2D eigenvalue weighted by molar-refractivity contribution is 5.63. The molecule has 1 aliphatic heterocycles. The van der Waals surface area contributed by atoms with Gasteiger partial charge in [0, 0.05) is 42.3 Å². The lowest BCUT2D eigenvalue weighted by Gasteiger charge is -2.19. The number of hydrogen-bond donors (Lipinski definition) is 3. The first-order valence-electron chi connectivity index (χ1n) is 8.57. The Bertz CT molecular complexity index is 715. The molecule has 0 radical (unpaired) electrons. The molecule has 1 aliphatic rings. The van der Waals surface area contributed by atoms with Gasteiger partial charge in [-0.2, -0.15) is 4.98 Å². The van der Waals surface area contributed by atoms with Crippen LogP contribution in [-0.4, -0.2) is 29.1 Å². The molecule has 0 amide bonds. The molecule has 0 unspecified atom stereocenters. The van der Waals surface area contributed by atoms with Crippen LogP contribution < -0.4 is 21.7 Å². The molecule has 1 saturated heterocycles. The summed E-state index contributed by atoms with van der Waals surface area (Å²) < 4.78 is 0. The smallest absolute Gasteiger partial charge is 0.229 e. The predicted octanol–water partition coefficient (Wildman–Crippen LogP) is 2.60. The van der Waals surface area contributed by atoms with Crippen LogP contribution in [0.1, 0.15) is 31.0 Å². The summed E-state index contributed by atoms with van der Waals surface area (Å²) in [5, 5.41) is 3.29. The predicted molar refractivity (Wildman–Crippen MR) is 99.7 cm³/mol. The molecule has 1 atom stereocenters. The maximum atomic E-state index is 6.04. The molecule has 2 heterocycles. The van der Waals surface area contributed by atoms with E-state index >= 15 is 0 Å². The van der Waals surface area contributed by atoms with Crippen molar-refractivity contribution in [3.63, 3.8) is 0 Å². The zero-order valence-electron chi connectivity index (χ0n) is 14.4. The van der Waals surface area contributed by atoms with E-state index in [1.807, 2.05) is 25.1 Å². The van der Waals surface area contributed by atoms with E-state index < -0.39 is 0 Å². The molecule has 5 N–H and O–H groups in total. The number of hydrogen-bond acceptors (Lipinski definition) is 6. The van der Waals surface area contributed by atoms with E-state index in [-0.39, 0.29) is 6.04 Å². The molecule has 0 spiro atoms. The van der Waals surface area contributed by atoms with E-state index in [0.29, 0.717) is 5.95 Å². The van der Waals surface area contributed by atoms with E-state index in [1.165, 1.54) is 0 Å². The number of anilines is 4. The Morgan fingerprint density at radius 1 is 1.29 bits per heavy atom. The molecule has 128 valence electrons. The summed E-state index contributed by atoms with van der Waals surface area (Å²) in [6.07, 6.45) is 2.98. The van der Waals surface area contributed by atoms with Crippen LogP contribution in [0.5, 0.6) is 0 Å².